The van der Waals surface area contributed by atoms with Crippen molar-refractivity contribution < 1.29 is 0 Å². The van der Waals surface area contributed by atoms with E-state index in [-0.39, 0.29) is 5.54 Å². The molecule has 0 aliphatic heterocycles. The first-order chi connectivity index (χ1) is 6.26. The number of nitrogens with one attached hydrogen (secondary N) is 1. The van der Waals surface area contributed by atoms with Crippen molar-refractivity contribution in [1.82, 2.24) is 0 Å². The minimum atomic E-state index is -0.288. The van der Waals surface area contributed by atoms with Gasteiger partial charge in [0.25, 0.3) is 0 Å². The molecule has 13 heavy (non-hydrogen) atoms. The summed E-state index contributed by atoms with van der Waals surface area (Å²) >= 11 is 3.43. The second kappa shape index (κ2) is 3.04. The molecular weight excluding hydrogens is 228 g/mol. The lowest BCUT2D eigenvalue weighted by Crippen LogP contribution is -2.18. The summed E-state index contributed by atoms with van der Waals surface area (Å²) < 4.78 is 1.01. The van der Waals surface area contributed by atoms with Gasteiger partial charge in [-0.25, -0.2) is 0 Å². The number of nitriles is 1. The van der Waals surface area contributed by atoms with Crippen LogP contribution < -0.4 is 5.32 Å². The van der Waals surface area contributed by atoms with Crippen LogP contribution in [0.4, 0.5) is 5.69 Å². The van der Waals surface area contributed by atoms with Crippen LogP contribution in [0.3, 0.4) is 0 Å². The number of benzene rings is 1. The van der Waals surface area contributed by atoms with Gasteiger partial charge in [-0.2, -0.15) is 5.26 Å². The lowest BCUT2D eigenvalue weighted by Gasteiger charge is -2.11. The zero-order valence-electron chi connectivity index (χ0n) is 7.05. The van der Waals surface area contributed by atoms with Crippen molar-refractivity contribution in [3.63, 3.8) is 0 Å². The topological polar surface area (TPSA) is 35.8 Å². The molecule has 2 nitrogen and oxygen atoms in total. The van der Waals surface area contributed by atoms with Gasteiger partial charge < -0.3 is 5.32 Å². The van der Waals surface area contributed by atoms with Crippen molar-refractivity contribution in [3.05, 3.63) is 28.7 Å². The van der Waals surface area contributed by atoms with E-state index in [2.05, 4.69) is 27.3 Å². The Morgan fingerprint density at radius 1 is 1.38 bits per heavy atom. The molecule has 0 saturated heterocycles. The minimum absolute atomic E-state index is 0.288. The van der Waals surface area contributed by atoms with Gasteiger partial charge in [0, 0.05) is 10.2 Å². The Kier molecular flexibility index (Phi) is 2.01. The quantitative estimate of drug-likeness (QED) is 0.858. The van der Waals surface area contributed by atoms with E-state index >= 15 is 0 Å². The molecule has 0 heterocycles. The fourth-order valence-corrected chi connectivity index (χ4v) is 1.59. The van der Waals surface area contributed by atoms with Gasteiger partial charge in [0.2, 0.25) is 0 Å². The van der Waals surface area contributed by atoms with Crippen molar-refractivity contribution in [3.8, 4) is 6.07 Å². The van der Waals surface area contributed by atoms with Gasteiger partial charge in [-0.3, -0.25) is 0 Å². The zero-order chi connectivity index (χ0) is 9.31. The third kappa shape index (κ3) is 1.68. The Balaban J connectivity index is 2.20. The largest absolute Gasteiger partial charge is 0.366 e. The number of hydrogen-bond acceptors (Lipinski definition) is 2. The first-order valence-electron chi connectivity index (χ1n) is 4.20. The number of nitrogens with zero attached hydrogens (tertiary/aromatic N) is 1. The van der Waals surface area contributed by atoms with E-state index in [0.29, 0.717) is 0 Å². The van der Waals surface area contributed by atoms with Crippen LogP contribution >= 0.6 is 15.9 Å². The van der Waals surface area contributed by atoms with E-state index in [0.717, 1.165) is 23.0 Å². The summed E-state index contributed by atoms with van der Waals surface area (Å²) in [5.41, 5.74) is 0.714. The van der Waals surface area contributed by atoms with Crippen LogP contribution in [0, 0.1) is 11.3 Å². The van der Waals surface area contributed by atoms with Crippen LogP contribution in [0.5, 0.6) is 0 Å². The smallest absolute Gasteiger partial charge is 0.125 e. The van der Waals surface area contributed by atoms with Crippen molar-refractivity contribution in [2.75, 3.05) is 5.32 Å². The second-order valence-corrected chi connectivity index (χ2v) is 4.15. The summed E-state index contributed by atoms with van der Waals surface area (Å²) in [5, 5.41) is 12.1. The highest BCUT2D eigenvalue weighted by Gasteiger charge is 2.43. The van der Waals surface area contributed by atoms with E-state index in [9.17, 15) is 0 Å². The van der Waals surface area contributed by atoms with E-state index < -0.39 is 0 Å². The molecule has 1 aromatic rings. The Bertz CT molecular complexity index is 363. The lowest BCUT2D eigenvalue weighted by atomic mass is 10.2. The average Bonchev–Trinajstić information content (AvgIpc) is 2.90. The fourth-order valence-electron chi connectivity index (χ4n) is 1.21. The van der Waals surface area contributed by atoms with E-state index in [1.807, 2.05) is 24.3 Å². The van der Waals surface area contributed by atoms with Gasteiger partial charge in [0.15, 0.2) is 0 Å². The molecule has 0 aromatic heterocycles. The number of halogens is 1. The summed E-state index contributed by atoms with van der Waals surface area (Å²) in [6.07, 6.45) is 1.90. The summed E-state index contributed by atoms with van der Waals surface area (Å²) in [4.78, 5) is 0. The highest BCUT2D eigenvalue weighted by atomic mass is 79.9. The highest BCUT2D eigenvalue weighted by Crippen LogP contribution is 2.39. The molecule has 1 N–H and O–H groups in total. The molecule has 1 aromatic carbocycles. The second-order valence-electron chi connectivity index (χ2n) is 3.30. The molecule has 66 valence electrons. The van der Waals surface area contributed by atoms with Gasteiger partial charge in [-0.1, -0.05) is 12.1 Å². The molecule has 0 amide bonds. The SMILES string of the molecule is N#CC1(Nc2ccccc2Br)CC1. The lowest BCUT2D eigenvalue weighted by molar-refractivity contribution is 0.945. The summed E-state index contributed by atoms with van der Waals surface area (Å²) in [6, 6.07) is 10.2. The average molecular weight is 237 g/mol. The van der Waals surface area contributed by atoms with E-state index in [1.54, 1.807) is 0 Å². The van der Waals surface area contributed by atoms with E-state index in [1.165, 1.54) is 0 Å². The molecule has 2 rings (SSSR count). The predicted molar refractivity (Wildman–Crippen MR) is 55.3 cm³/mol. The first-order valence-corrected chi connectivity index (χ1v) is 4.99. The molecular formula is C10H9BrN2. The molecule has 0 atom stereocenters. The first kappa shape index (κ1) is 8.58. The zero-order valence-corrected chi connectivity index (χ0v) is 8.63. The Labute approximate surface area is 85.7 Å². The fraction of sp³-hybridized carbons (Fsp3) is 0.300. The molecule has 0 spiro atoms. The molecule has 1 aliphatic rings. The summed E-state index contributed by atoms with van der Waals surface area (Å²) in [6.45, 7) is 0. The van der Waals surface area contributed by atoms with Crippen LogP contribution in [-0.2, 0) is 0 Å². The highest BCUT2D eigenvalue weighted by molar-refractivity contribution is 9.10. The van der Waals surface area contributed by atoms with Gasteiger partial charge in [-0.05, 0) is 40.9 Å². The maximum atomic E-state index is 8.88. The Hall–Kier alpha value is -1.01. The molecule has 3 heteroatoms. The number of hydrogen-bond donors (Lipinski definition) is 1. The third-order valence-corrected chi connectivity index (χ3v) is 2.90. The molecule has 0 unspecified atom stereocenters. The summed E-state index contributed by atoms with van der Waals surface area (Å²) in [5.74, 6) is 0. The molecule has 1 fully saturated rings. The predicted octanol–water partition coefficient (Wildman–Crippen LogP) is 2.92. The number of para-hydroxylation sites is 1. The molecule has 0 bridgehead atoms. The maximum absolute atomic E-state index is 8.88. The van der Waals surface area contributed by atoms with Gasteiger partial charge in [-0.15, -0.1) is 0 Å². The van der Waals surface area contributed by atoms with Crippen LogP contribution in [0.15, 0.2) is 28.7 Å². The summed E-state index contributed by atoms with van der Waals surface area (Å²) in [7, 11) is 0. The third-order valence-electron chi connectivity index (χ3n) is 2.21. The standard InChI is InChI=1S/C10H9BrN2/c11-8-3-1-2-4-9(8)13-10(7-12)5-6-10/h1-4,13H,5-6H2. The van der Waals surface area contributed by atoms with Crippen molar-refractivity contribution in [2.24, 2.45) is 0 Å². The minimum Gasteiger partial charge on any atom is -0.366 e. The molecule has 1 aliphatic carbocycles. The Morgan fingerprint density at radius 3 is 2.62 bits per heavy atom. The van der Waals surface area contributed by atoms with Crippen LogP contribution in [0.25, 0.3) is 0 Å². The normalized spacial score (nSPS) is 17.5. The number of rotatable bonds is 2. The monoisotopic (exact) mass is 236 g/mol. The molecule has 0 radical (unpaired) electrons. The van der Waals surface area contributed by atoms with Gasteiger partial charge >= 0.3 is 0 Å². The Morgan fingerprint density at radius 2 is 2.08 bits per heavy atom. The van der Waals surface area contributed by atoms with Gasteiger partial charge in [0.1, 0.15) is 5.54 Å². The maximum Gasteiger partial charge on any atom is 0.125 e. The molecule has 1 saturated carbocycles. The van der Waals surface area contributed by atoms with Crippen molar-refractivity contribution >= 4 is 21.6 Å². The van der Waals surface area contributed by atoms with E-state index in [4.69, 9.17) is 5.26 Å². The number of anilines is 1. The van der Waals surface area contributed by atoms with Crippen molar-refractivity contribution in [1.29, 1.82) is 5.26 Å². The van der Waals surface area contributed by atoms with Crippen LogP contribution in [0.2, 0.25) is 0 Å². The van der Waals surface area contributed by atoms with Crippen LogP contribution in [0.1, 0.15) is 12.8 Å². The van der Waals surface area contributed by atoms with Crippen LogP contribution in [-0.4, -0.2) is 5.54 Å². The van der Waals surface area contributed by atoms with Gasteiger partial charge in [0.05, 0.1) is 6.07 Å². The van der Waals surface area contributed by atoms with Crippen molar-refractivity contribution in [2.45, 2.75) is 18.4 Å².